The Hall–Kier alpha value is -2.28. The summed E-state index contributed by atoms with van der Waals surface area (Å²) in [6, 6.07) is 3.20. The normalized spacial score (nSPS) is 11.5. The molecule has 21 heavy (non-hydrogen) atoms. The summed E-state index contributed by atoms with van der Waals surface area (Å²) >= 11 is 5.82. The standard InChI is InChI=1S/C13H14ClNO6/c1-21-10-3-2-8(14)4-7(10)5-11(16)15-9(13(19)20)6-12(17)18/h2-4,9H,5-6H2,1H3,(H,15,16)(H,17,18)(H,19,20). The molecule has 0 aliphatic heterocycles. The molecular formula is C13H14ClNO6. The minimum absolute atomic E-state index is 0.173. The minimum atomic E-state index is -1.49. The molecule has 114 valence electrons. The van der Waals surface area contributed by atoms with Gasteiger partial charge in [0.1, 0.15) is 11.8 Å². The second-order valence-electron chi connectivity index (χ2n) is 4.19. The summed E-state index contributed by atoms with van der Waals surface area (Å²) in [5.41, 5.74) is 0.474. The van der Waals surface area contributed by atoms with Gasteiger partial charge in [-0.25, -0.2) is 4.79 Å². The Balaban J connectivity index is 2.78. The average molecular weight is 316 g/mol. The number of methoxy groups -OCH3 is 1. The number of halogens is 1. The van der Waals surface area contributed by atoms with Crippen LogP contribution in [-0.4, -0.2) is 41.2 Å². The van der Waals surface area contributed by atoms with Crippen LogP contribution in [0.5, 0.6) is 5.75 Å². The summed E-state index contributed by atoms with van der Waals surface area (Å²) in [7, 11) is 1.43. The van der Waals surface area contributed by atoms with Crippen LogP contribution < -0.4 is 10.1 Å². The number of hydrogen-bond donors (Lipinski definition) is 3. The van der Waals surface area contributed by atoms with Gasteiger partial charge in [0.25, 0.3) is 0 Å². The number of ether oxygens (including phenoxy) is 1. The highest BCUT2D eigenvalue weighted by Crippen LogP contribution is 2.23. The molecule has 8 heteroatoms. The maximum absolute atomic E-state index is 11.8. The number of nitrogens with one attached hydrogen (secondary N) is 1. The molecule has 0 aliphatic carbocycles. The Bertz CT molecular complexity index is 560. The van der Waals surface area contributed by atoms with Gasteiger partial charge < -0.3 is 20.3 Å². The Labute approximate surface area is 125 Å². The maximum Gasteiger partial charge on any atom is 0.326 e. The lowest BCUT2D eigenvalue weighted by Gasteiger charge is -2.13. The van der Waals surface area contributed by atoms with E-state index in [0.29, 0.717) is 16.3 Å². The van der Waals surface area contributed by atoms with E-state index in [1.54, 1.807) is 12.1 Å². The van der Waals surface area contributed by atoms with E-state index >= 15 is 0 Å². The van der Waals surface area contributed by atoms with E-state index in [1.807, 2.05) is 0 Å². The second kappa shape index (κ2) is 7.49. The molecule has 0 saturated carbocycles. The summed E-state index contributed by atoms with van der Waals surface area (Å²) in [4.78, 5) is 33.2. The van der Waals surface area contributed by atoms with Crippen molar-refractivity contribution in [2.45, 2.75) is 18.9 Å². The first-order chi connectivity index (χ1) is 9.83. The molecule has 1 rings (SSSR count). The lowest BCUT2D eigenvalue weighted by atomic mass is 10.1. The third kappa shape index (κ3) is 5.31. The number of rotatable bonds is 7. The first kappa shape index (κ1) is 16.8. The van der Waals surface area contributed by atoms with E-state index in [0.717, 1.165) is 0 Å². The fourth-order valence-corrected chi connectivity index (χ4v) is 1.87. The summed E-state index contributed by atoms with van der Waals surface area (Å²) in [6.07, 6.45) is -0.874. The Morgan fingerprint density at radius 3 is 2.52 bits per heavy atom. The van der Waals surface area contributed by atoms with E-state index in [1.165, 1.54) is 13.2 Å². The number of carboxylic acid groups (broad SMARTS) is 2. The van der Waals surface area contributed by atoms with Crippen molar-refractivity contribution in [3.05, 3.63) is 28.8 Å². The van der Waals surface area contributed by atoms with Crippen molar-refractivity contribution in [2.75, 3.05) is 7.11 Å². The topological polar surface area (TPSA) is 113 Å². The van der Waals surface area contributed by atoms with Crippen LogP contribution in [0.1, 0.15) is 12.0 Å². The summed E-state index contributed by atoms with van der Waals surface area (Å²) < 4.78 is 5.07. The molecule has 0 fully saturated rings. The molecule has 0 heterocycles. The highest BCUT2D eigenvalue weighted by Gasteiger charge is 2.23. The van der Waals surface area contributed by atoms with Crippen molar-refractivity contribution in [1.29, 1.82) is 0 Å². The van der Waals surface area contributed by atoms with E-state index in [9.17, 15) is 14.4 Å². The second-order valence-corrected chi connectivity index (χ2v) is 4.63. The Kier molecular flexibility index (Phi) is 5.98. The molecule has 1 unspecified atom stereocenters. The zero-order chi connectivity index (χ0) is 16.0. The van der Waals surface area contributed by atoms with Gasteiger partial charge in [-0.3, -0.25) is 9.59 Å². The highest BCUT2D eigenvalue weighted by molar-refractivity contribution is 6.30. The Morgan fingerprint density at radius 2 is 2.00 bits per heavy atom. The third-order valence-corrected chi connectivity index (χ3v) is 2.84. The van der Waals surface area contributed by atoms with Gasteiger partial charge in [0.2, 0.25) is 5.91 Å². The molecule has 1 atom stereocenters. The zero-order valence-electron chi connectivity index (χ0n) is 11.1. The van der Waals surface area contributed by atoms with E-state index in [2.05, 4.69) is 5.32 Å². The van der Waals surface area contributed by atoms with Crippen molar-refractivity contribution in [3.8, 4) is 5.75 Å². The van der Waals surface area contributed by atoms with Gasteiger partial charge in [0.05, 0.1) is 20.0 Å². The van der Waals surface area contributed by atoms with Crippen molar-refractivity contribution in [3.63, 3.8) is 0 Å². The predicted molar refractivity (Wildman–Crippen MR) is 73.5 cm³/mol. The van der Waals surface area contributed by atoms with Gasteiger partial charge >= 0.3 is 11.9 Å². The molecule has 7 nitrogen and oxygen atoms in total. The quantitative estimate of drug-likeness (QED) is 0.690. The molecule has 0 aromatic heterocycles. The molecule has 3 N–H and O–H groups in total. The molecule has 0 saturated heterocycles. The van der Waals surface area contributed by atoms with Crippen LogP contribution in [0.2, 0.25) is 5.02 Å². The van der Waals surface area contributed by atoms with Crippen LogP contribution in [0.3, 0.4) is 0 Å². The van der Waals surface area contributed by atoms with Crippen molar-refractivity contribution in [1.82, 2.24) is 5.32 Å². The van der Waals surface area contributed by atoms with E-state index in [-0.39, 0.29) is 6.42 Å². The number of carbonyl (C=O) groups excluding carboxylic acids is 1. The minimum Gasteiger partial charge on any atom is -0.496 e. The lowest BCUT2D eigenvalue weighted by molar-refractivity contribution is -0.147. The van der Waals surface area contributed by atoms with Crippen molar-refractivity contribution >= 4 is 29.4 Å². The van der Waals surface area contributed by atoms with Gasteiger partial charge in [0, 0.05) is 10.6 Å². The fraction of sp³-hybridized carbons (Fsp3) is 0.308. The SMILES string of the molecule is COc1ccc(Cl)cc1CC(=O)NC(CC(=O)O)C(=O)O. The summed E-state index contributed by atoms with van der Waals surface area (Å²) in [6.45, 7) is 0. The summed E-state index contributed by atoms with van der Waals surface area (Å²) in [5.74, 6) is -2.93. The van der Waals surface area contributed by atoms with E-state index in [4.69, 9.17) is 26.6 Å². The molecule has 0 aliphatic rings. The smallest absolute Gasteiger partial charge is 0.326 e. The monoisotopic (exact) mass is 315 g/mol. The van der Waals surface area contributed by atoms with Crippen LogP contribution in [0.4, 0.5) is 0 Å². The number of carbonyl (C=O) groups is 3. The zero-order valence-corrected chi connectivity index (χ0v) is 11.9. The number of carboxylic acids is 2. The van der Waals surface area contributed by atoms with E-state index < -0.39 is 30.3 Å². The number of benzene rings is 1. The van der Waals surface area contributed by atoms with Crippen LogP contribution in [-0.2, 0) is 20.8 Å². The summed E-state index contributed by atoms with van der Waals surface area (Å²) in [5, 5.41) is 20.0. The van der Waals surface area contributed by atoms with Crippen LogP contribution in [0.25, 0.3) is 0 Å². The molecular weight excluding hydrogens is 302 g/mol. The Morgan fingerprint density at radius 1 is 1.33 bits per heavy atom. The fourth-order valence-electron chi connectivity index (χ4n) is 1.68. The first-order valence-electron chi connectivity index (χ1n) is 5.90. The molecule has 0 bridgehead atoms. The van der Waals surface area contributed by atoms with Gasteiger partial charge in [-0.05, 0) is 18.2 Å². The van der Waals surface area contributed by atoms with Gasteiger partial charge in [-0.15, -0.1) is 0 Å². The molecule has 1 amide bonds. The number of hydrogen-bond acceptors (Lipinski definition) is 4. The molecule has 1 aromatic rings. The van der Waals surface area contributed by atoms with Gasteiger partial charge in [0.15, 0.2) is 0 Å². The van der Waals surface area contributed by atoms with Crippen LogP contribution >= 0.6 is 11.6 Å². The molecule has 0 spiro atoms. The number of amides is 1. The van der Waals surface area contributed by atoms with Gasteiger partial charge in [-0.1, -0.05) is 11.6 Å². The average Bonchev–Trinajstić information content (AvgIpc) is 2.37. The van der Waals surface area contributed by atoms with Crippen molar-refractivity contribution in [2.24, 2.45) is 0 Å². The van der Waals surface area contributed by atoms with Crippen molar-refractivity contribution < 1.29 is 29.3 Å². The van der Waals surface area contributed by atoms with Gasteiger partial charge in [-0.2, -0.15) is 0 Å². The van der Waals surface area contributed by atoms with Crippen LogP contribution in [0, 0.1) is 0 Å². The number of aliphatic carboxylic acids is 2. The molecule has 1 aromatic carbocycles. The lowest BCUT2D eigenvalue weighted by Crippen LogP contribution is -2.42. The first-order valence-corrected chi connectivity index (χ1v) is 6.27. The maximum atomic E-state index is 11.8. The third-order valence-electron chi connectivity index (χ3n) is 2.61. The highest BCUT2D eigenvalue weighted by atomic mass is 35.5. The van der Waals surface area contributed by atoms with Crippen LogP contribution in [0.15, 0.2) is 18.2 Å². The predicted octanol–water partition coefficient (Wildman–Crippen LogP) is 0.935. The molecule has 0 radical (unpaired) electrons. The largest absolute Gasteiger partial charge is 0.496 e.